The quantitative estimate of drug-likeness (QED) is 0.135. The summed E-state index contributed by atoms with van der Waals surface area (Å²) in [6.45, 7) is 2.98. The molecule has 5 nitrogen and oxygen atoms in total. The van der Waals surface area contributed by atoms with Crippen LogP contribution in [0.4, 0.5) is 17.6 Å². The average molecular weight is 619 g/mol. The Morgan fingerprint density at radius 3 is 2.18 bits per heavy atom. The molecule has 5 rings (SSSR count). The van der Waals surface area contributed by atoms with Gasteiger partial charge in [-0.1, -0.05) is 72.8 Å². The molecule has 0 bridgehead atoms. The molecule has 234 valence electrons. The summed E-state index contributed by atoms with van der Waals surface area (Å²) in [6, 6.07) is 30.3. The van der Waals surface area contributed by atoms with Gasteiger partial charge in [-0.3, -0.25) is 9.69 Å². The molecule has 45 heavy (non-hydrogen) atoms. The van der Waals surface area contributed by atoms with E-state index in [9.17, 15) is 27.5 Å². The van der Waals surface area contributed by atoms with Crippen molar-refractivity contribution >= 4 is 16.9 Å². The maximum absolute atomic E-state index is 14.6. The van der Waals surface area contributed by atoms with E-state index >= 15 is 0 Å². The van der Waals surface area contributed by atoms with Crippen molar-refractivity contribution in [1.82, 2.24) is 9.47 Å². The lowest BCUT2D eigenvalue weighted by molar-refractivity contribution is -0.140. The van der Waals surface area contributed by atoms with Crippen LogP contribution in [-0.4, -0.2) is 39.7 Å². The van der Waals surface area contributed by atoms with Gasteiger partial charge in [-0.15, -0.1) is 0 Å². The number of carboxylic acid groups (broad SMARTS) is 1. The summed E-state index contributed by atoms with van der Waals surface area (Å²) in [7, 11) is 0. The fourth-order valence-electron chi connectivity index (χ4n) is 5.66. The van der Waals surface area contributed by atoms with Gasteiger partial charge in [-0.05, 0) is 60.4 Å². The Balaban J connectivity index is 1.38. The first-order chi connectivity index (χ1) is 21.6. The summed E-state index contributed by atoms with van der Waals surface area (Å²) < 4.78 is 62.2. The second-order valence-electron chi connectivity index (χ2n) is 11.1. The SMILES string of the molecule is CC(CCOc1cccc2c1ccn2CC(=O)O)N(Cc1ccc(C(F)(F)F)c(F)c1)CC(c1ccccc1)c1ccccc1. The number of halogens is 4. The van der Waals surface area contributed by atoms with Gasteiger partial charge in [-0.25, -0.2) is 4.39 Å². The normalized spacial score (nSPS) is 12.6. The molecule has 0 aliphatic rings. The van der Waals surface area contributed by atoms with Crippen molar-refractivity contribution < 1.29 is 32.2 Å². The molecule has 0 saturated carbocycles. The van der Waals surface area contributed by atoms with Crippen molar-refractivity contribution in [3.8, 4) is 5.75 Å². The predicted octanol–water partition coefficient (Wildman–Crippen LogP) is 8.38. The highest BCUT2D eigenvalue weighted by Crippen LogP contribution is 2.33. The van der Waals surface area contributed by atoms with Crippen molar-refractivity contribution in [2.24, 2.45) is 0 Å². The van der Waals surface area contributed by atoms with E-state index in [0.29, 0.717) is 30.9 Å². The number of hydrogen-bond donors (Lipinski definition) is 1. The van der Waals surface area contributed by atoms with E-state index in [2.05, 4.69) is 29.2 Å². The lowest BCUT2D eigenvalue weighted by atomic mass is 9.90. The van der Waals surface area contributed by atoms with Crippen LogP contribution in [0.2, 0.25) is 0 Å². The molecule has 0 radical (unpaired) electrons. The van der Waals surface area contributed by atoms with Gasteiger partial charge in [0.2, 0.25) is 0 Å². The number of fused-ring (bicyclic) bond motifs is 1. The van der Waals surface area contributed by atoms with E-state index in [4.69, 9.17) is 4.74 Å². The van der Waals surface area contributed by atoms with Crippen LogP contribution in [0.5, 0.6) is 5.75 Å². The summed E-state index contributed by atoms with van der Waals surface area (Å²) in [5.41, 5.74) is 2.10. The number of rotatable bonds is 13. The molecular formula is C36H34F4N2O3. The fourth-order valence-corrected chi connectivity index (χ4v) is 5.66. The summed E-state index contributed by atoms with van der Waals surface area (Å²) in [6.07, 6.45) is -2.48. The molecule has 0 spiro atoms. The lowest BCUT2D eigenvalue weighted by Crippen LogP contribution is -2.37. The van der Waals surface area contributed by atoms with Gasteiger partial charge in [0.25, 0.3) is 0 Å². The summed E-state index contributed by atoms with van der Waals surface area (Å²) in [5, 5.41) is 10.0. The molecule has 1 atom stereocenters. The Morgan fingerprint density at radius 1 is 0.911 bits per heavy atom. The number of benzene rings is 4. The van der Waals surface area contributed by atoms with E-state index in [0.717, 1.165) is 34.2 Å². The van der Waals surface area contributed by atoms with Crippen LogP contribution in [0, 0.1) is 5.82 Å². The second-order valence-corrected chi connectivity index (χ2v) is 11.1. The Hall–Kier alpha value is -4.63. The number of nitrogens with zero attached hydrogens (tertiary/aromatic N) is 2. The number of ether oxygens (including phenoxy) is 1. The maximum Gasteiger partial charge on any atom is 0.419 e. The van der Waals surface area contributed by atoms with Gasteiger partial charge >= 0.3 is 12.1 Å². The lowest BCUT2D eigenvalue weighted by Gasteiger charge is -2.33. The average Bonchev–Trinajstić information content (AvgIpc) is 3.42. The number of aliphatic carboxylic acids is 1. The van der Waals surface area contributed by atoms with Crippen LogP contribution < -0.4 is 4.74 Å². The molecule has 1 unspecified atom stereocenters. The molecule has 0 amide bonds. The van der Waals surface area contributed by atoms with Gasteiger partial charge in [-0.2, -0.15) is 13.2 Å². The third-order valence-corrected chi connectivity index (χ3v) is 8.04. The zero-order chi connectivity index (χ0) is 32.0. The third kappa shape index (κ3) is 7.91. The van der Waals surface area contributed by atoms with Crippen LogP contribution in [0.25, 0.3) is 10.9 Å². The predicted molar refractivity (Wildman–Crippen MR) is 166 cm³/mol. The highest BCUT2D eigenvalue weighted by atomic mass is 19.4. The van der Waals surface area contributed by atoms with Crippen molar-refractivity contribution in [1.29, 1.82) is 0 Å². The summed E-state index contributed by atoms with van der Waals surface area (Å²) in [4.78, 5) is 13.4. The summed E-state index contributed by atoms with van der Waals surface area (Å²) >= 11 is 0. The van der Waals surface area contributed by atoms with Gasteiger partial charge in [0.15, 0.2) is 0 Å². The van der Waals surface area contributed by atoms with Crippen LogP contribution in [-0.2, 0) is 24.1 Å². The molecule has 0 saturated heterocycles. The topological polar surface area (TPSA) is 54.7 Å². The Labute approximate surface area is 259 Å². The largest absolute Gasteiger partial charge is 0.493 e. The number of aromatic nitrogens is 1. The molecular weight excluding hydrogens is 584 g/mol. The van der Waals surface area contributed by atoms with E-state index < -0.39 is 23.5 Å². The molecule has 0 aliphatic heterocycles. The van der Waals surface area contributed by atoms with Gasteiger partial charge < -0.3 is 14.4 Å². The Kier molecular flexibility index (Phi) is 9.88. The molecule has 0 fully saturated rings. The standard InChI is InChI=1S/C36H34F4N2O3/c1-25(18-20-45-34-14-8-13-33-29(34)17-19-41(33)24-35(43)44)42(22-26-15-16-31(32(37)21-26)36(38,39)40)23-30(27-9-4-2-5-10-27)28-11-6-3-7-12-28/h2-17,19,21,25,30H,18,20,22-24H2,1H3,(H,43,44). The van der Waals surface area contributed by atoms with E-state index in [1.807, 2.05) is 67.6 Å². The molecule has 5 aromatic rings. The zero-order valence-electron chi connectivity index (χ0n) is 24.8. The summed E-state index contributed by atoms with van der Waals surface area (Å²) in [5.74, 6) is -1.64. The monoisotopic (exact) mass is 618 g/mol. The number of hydrogen-bond acceptors (Lipinski definition) is 3. The minimum Gasteiger partial charge on any atom is -0.493 e. The second kappa shape index (κ2) is 14.0. The fraction of sp³-hybridized carbons (Fsp3) is 0.250. The highest BCUT2D eigenvalue weighted by Gasteiger charge is 2.34. The molecule has 1 N–H and O–H groups in total. The number of carboxylic acids is 1. The van der Waals surface area contributed by atoms with Crippen LogP contribution in [0.15, 0.2) is 109 Å². The van der Waals surface area contributed by atoms with Crippen LogP contribution in [0.1, 0.15) is 41.5 Å². The Bertz CT molecular complexity index is 1680. The molecule has 9 heteroatoms. The maximum atomic E-state index is 14.6. The molecule has 1 aromatic heterocycles. The van der Waals surface area contributed by atoms with E-state index in [1.165, 1.54) is 6.07 Å². The van der Waals surface area contributed by atoms with Gasteiger partial charge in [0, 0.05) is 36.6 Å². The minimum absolute atomic E-state index is 0.0437. The Morgan fingerprint density at radius 2 is 1.58 bits per heavy atom. The minimum atomic E-state index is -4.77. The van der Waals surface area contributed by atoms with E-state index in [-0.39, 0.29) is 25.0 Å². The first-order valence-corrected chi connectivity index (χ1v) is 14.7. The third-order valence-electron chi connectivity index (χ3n) is 8.04. The zero-order valence-corrected chi connectivity index (χ0v) is 24.8. The molecule has 0 aliphatic carbocycles. The number of alkyl halides is 3. The first kappa shape index (κ1) is 31.8. The first-order valence-electron chi connectivity index (χ1n) is 14.7. The smallest absolute Gasteiger partial charge is 0.419 e. The number of carbonyl (C=O) groups is 1. The van der Waals surface area contributed by atoms with Crippen LogP contribution in [0.3, 0.4) is 0 Å². The van der Waals surface area contributed by atoms with Gasteiger partial charge in [0.1, 0.15) is 18.1 Å². The van der Waals surface area contributed by atoms with Crippen molar-refractivity contribution in [3.63, 3.8) is 0 Å². The molecule has 4 aromatic carbocycles. The van der Waals surface area contributed by atoms with Crippen molar-refractivity contribution in [2.75, 3.05) is 13.2 Å². The highest BCUT2D eigenvalue weighted by molar-refractivity contribution is 5.87. The van der Waals surface area contributed by atoms with Crippen molar-refractivity contribution in [3.05, 3.63) is 137 Å². The van der Waals surface area contributed by atoms with E-state index in [1.54, 1.807) is 10.8 Å². The van der Waals surface area contributed by atoms with Crippen LogP contribution >= 0.6 is 0 Å². The van der Waals surface area contributed by atoms with Gasteiger partial charge in [0.05, 0.1) is 17.7 Å². The molecule has 1 heterocycles. The van der Waals surface area contributed by atoms with Crippen molar-refractivity contribution in [2.45, 2.75) is 44.6 Å².